The lowest BCUT2D eigenvalue weighted by Crippen LogP contribution is -2.48. The van der Waals surface area contributed by atoms with Gasteiger partial charge in [-0.15, -0.1) is 0 Å². The molecule has 0 bridgehead atoms. The molecule has 1 saturated heterocycles. The summed E-state index contributed by atoms with van der Waals surface area (Å²) >= 11 is 0. The molecular weight excluding hydrogens is 475 g/mol. The summed E-state index contributed by atoms with van der Waals surface area (Å²) in [6, 6.07) is 12.9. The van der Waals surface area contributed by atoms with E-state index in [1.165, 1.54) is 6.07 Å². The standard InChI is InChI=1S/C28H33FN4O4/c1-18(27-30-22-13-8-12-21(29)26(22)32-27)15-24(34)23(16-25(35)33-14-7-6-9-19(33)2)31-28(36)37-17-20-10-4-3-5-11-20/h3-5,8,10-13,18-19,23H,6-7,9,14-17H2,1-2H3,(H,30,32)(H,31,36)/t18-,19-,23-/m0/s1. The van der Waals surface area contributed by atoms with Crippen molar-refractivity contribution in [2.45, 2.75) is 70.6 Å². The van der Waals surface area contributed by atoms with Crippen molar-refractivity contribution in [3.8, 4) is 0 Å². The minimum atomic E-state index is -1.05. The van der Waals surface area contributed by atoms with E-state index in [0.717, 1.165) is 24.8 Å². The number of carbonyl (C=O) groups is 3. The van der Waals surface area contributed by atoms with Crippen molar-refractivity contribution >= 4 is 28.8 Å². The maximum absolute atomic E-state index is 14.1. The van der Waals surface area contributed by atoms with E-state index >= 15 is 0 Å². The van der Waals surface area contributed by atoms with Crippen LogP contribution in [0.25, 0.3) is 11.0 Å². The molecule has 2 amide bonds. The third-order valence-electron chi connectivity index (χ3n) is 6.85. The molecule has 8 nitrogen and oxygen atoms in total. The second kappa shape index (κ2) is 12.0. The van der Waals surface area contributed by atoms with Crippen molar-refractivity contribution in [3.05, 3.63) is 65.7 Å². The highest BCUT2D eigenvalue weighted by Crippen LogP contribution is 2.24. The molecule has 0 unspecified atom stereocenters. The van der Waals surface area contributed by atoms with Crippen LogP contribution in [-0.4, -0.2) is 51.3 Å². The third kappa shape index (κ3) is 6.72. The Kier molecular flexibility index (Phi) is 8.53. The zero-order chi connectivity index (χ0) is 26.4. The van der Waals surface area contributed by atoms with Gasteiger partial charge in [-0.3, -0.25) is 9.59 Å². The quantitative estimate of drug-likeness (QED) is 0.430. The molecule has 196 valence electrons. The summed E-state index contributed by atoms with van der Waals surface area (Å²) in [6.45, 7) is 4.48. The van der Waals surface area contributed by atoms with Crippen molar-refractivity contribution < 1.29 is 23.5 Å². The summed E-state index contributed by atoms with van der Waals surface area (Å²) in [4.78, 5) is 48.2. The number of H-pyrrole nitrogens is 1. The second-order valence-electron chi connectivity index (χ2n) is 9.72. The SMILES string of the molecule is C[C@@H](CC(=O)[C@H](CC(=O)N1CCCC[C@@H]1C)NC(=O)OCc1ccccc1)c1nc2c(F)cccc2[nH]1. The zero-order valence-electron chi connectivity index (χ0n) is 21.2. The summed E-state index contributed by atoms with van der Waals surface area (Å²) in [7, 11) is 0. The number of Topliss-reactive ketones (excluding diaryl/α,β-unsaturated/α-hetero) is 1. The van der Waals surface area contributed by atoms with Gasteiger partial charge < -0.3 is 19.9 Å². The summed E-state index contributed by atoms with van der Waals surface area (Å²) in [6.07, 6.45) is 1.99. The number of ether oxygens (including phenoxy) is 1. The molecule has 0 aliphatic carbocycles. The van der Waals surface area contributed by atoms with Crippen molar-refractivity contribution in [2.24, 2.45) is 0 Å². The van der Waals surface area contributed by atoms with E-state index in [-0.39, 0.29) is 48.6 Å². The average Bonchev–Trinajstić information content (AvgIpc) is 3.34. The fourth-order valence-electron chi connectivity index (χ4n) is 4.70. The first-order valence-electron chi connectivity index (χ1n) is 12.8. The number of nitrogens with zero attached hydrogens (tertiary/aromatic N) is 2. The Bertz CT molecular complexity index is 1250. The van der Waals surface area contributed by atoms with Crippen LogP contribution >= 0.6 is 0 Å². The maximum atomic E-state index is 14.1. The van der Waals surface area contributed by atoms with Gasteiger partial charge in [-0.25, -0.2) is 14.2 Å². The van der Waals surface area contributed by atoms with Crippen molar-refractivity contribution in [3.63, 3.8) is 0 Å². The smallest absolute Gasteiger partial charge is 0.408 e. The lowest BCUT2D eigenvalue weighted by molar-refractivity contribution is -0.137. The predicted octanol–water partition coefficient (Wildman–Crippen LogP) is 4.85. The Hall–Kier alpha value is -3.75. The zero-order valence-corrected chi connectivity index (χ0v) is 21.2. The van der Waals surface area contributed by atoms with Gasteiger partial charge in [0.05, 0.1) is 18.0 Å². The van der Waals surface area contributed by atoms with Crippen LogP contribution in [0.15, 0.2) is 48.5 Å². The Morgan fingerprint density at radius 2 is 1.92 bits per heavy atom. The van der Waals surface area contributed by atoms with Crippen LogP contribution in [-0.2, 0) is 20.9 Å². The van der Waals surface area contributed by atoms with Crippen LogP contribution in [0.3, 0.4) is 0 Å². The molecule has 2 N–H and O–H groups in total. The number of piperidine rings is 1. The van der Waals surface area contributed by atoms with E-state index in [2.05, 4.69) is 15.3 Å². The van der Waals surface area contributed by atoms with Gasteiger partial charge in [-0.1, -0.05) is 43.3 Å². The van der Waals surface area contributed by atoms with Crippen LogP contribution in [0.5, 0.6) is 0 Å². The molecule has 1 aromatic heterocycles. The average molecular weight is 509 g/mol. The number of hydrogen-bond donors (Lipinski definition) is 2. The normalized spacial score (nSPS) is 17.3. The van der Waals surface area contributed by atoms with E-state index in [0.29, 0.717) is 17.9 Å². The monoisotopic (exact) mass is 508 g/mol. The number of aromatic nitrogens is 2. The lowest BCUT2D eigenvalue weighted by atomic mass is 9.96. The number of benzene rings is 2. The number of ketones is 1. The predicted molar refractivity (Wildman–Crippen MR) is 137 cm³/mol. The minimum absolute atomic E-state index is 0.00784. The highest BCUT2D eigenvalue weighted by atomic mass is 19.1. The second-order valence-corrected chi connectivity index (χ2v) is 9.72. The molecule has 1 aliphatic rings. The number of aromatic amines is 1. The first kappa shape index (κ1) is 26.3. The molecule has 0 saturated carbocycles. The summed E-state index contributed by atoms with van der Waals surface area (Å²) in [5.74, 6) is -0.848. The summed E-state index contributed by atoms with van der Waals surface area (Å²) in [5.41, 5.74) is 1.57. The van der Waals surface area contributed by atoms with Gasteiger partial charge in [-0.2, -0.15) is 0 Å². The van der Waals surface area contributed by atoms with Gasteiger partial charge in [-0.05, 0) is 43.9 Å². The van der Waals surface area contributed by atoms with E-state index in [1.807, 2.05) is 37.3 Å². The molecule has 9 heteroatoms. The van der Waals surface area contributed by atoms with Gasteiger partial charge in [0.15, 0.2) is 11.6 Å². The first-order valence-corrected chi connectivity index (χ1v) is 12.8. The number of carbonyl (C=O) groups excluding carboxylic acids is 3. The molecular formula is C28H33FN4O4. The fourth-order valence-corrected chi connectivity index (χ4v) is 4.70. The molecule has 0 spiro atoms. The molecule has 0 radical (unpaired) electrons. The van der Waals surface area contributed by atoms with Gasteiger partial charge in [0.2, 0.25) is 5.91 Å². The lowest BCUT2D eigenvalue weighted by Gasteiger charge is -2.34. The number of alkyl carbamates (subject to hydrolysis) is 1. The first-order chi connectivity index (χ1) is 17.8. The number of amides is 2. The molecule has 1 fully saturated rings. The Balaban J connectivity index is 1.45. The number of rotatable bonds is 9. The van der Waals surface area contributed by atoms with Gasteiger partial charge >= 0.3 is 6.09 Å². The van der Waals surface area contributed by atoms with E-state index in [1.54, 1.807) is 24.0 Å². The Labute approximate surface area is 215 Å². The Morgan fingerprint density at radius 3 is 2.65 bits per heavy atom. The fraction of sp³-hybridized carbons (Fsp3) is 0.429. The van der Waals surface area contributed by atoms with Crippen molar-refractivity contribution in [2.75, 3.05) is 6.54 Å². The molecule has 2 heterocycles. The van der Waals surface area contributed by atoms with Gasteiger partial charge in [0.25, 0.3) is 0 Å². The van der Waals surface area contributed by atoms with Crippen LogP contribution in [0.4, 0.5) is 9.18 Å². The number of fused-ring (bicyclic) bond motifs is 1. The number of nitrogens with one attached hydrogen (secondary N) is 2. The van der Waals surface area contributed by atoms with Gasteiger partial charge in [0.1, 0.15) is 17.9 Å². The van der Waals surface area contributed by atoms with Crippen LogP contribution in [0.2, 0.25) is 0 Å². The van der Waals surface area contributed by atoms with E-state index in [4.69, 9.17) is 4.74 Å². The molecule has 1 aliphatic heterocycles. The number of hydrogen-bond acceptors (Lipinski definition) is 5. The van der Waals surface area contributed by atoms with Crippen LogP contribution < -0.4 is 5.32 Å². The van der Waals surface area contributed by atoms with Crippen molar-refractivity contribution in [1.29, 1.82) is 0 Å². The Morgan fingerprint density at radius 1 is 1.14 bits per heavy atom. The molecule has 37 heavy (non-hydrogen) atoms. The largest absolute Gasteiger partial charge is 0.445 e. The number of halogens is 1. The number of para-hydroxylation sites is 1. The topological polar surface area (TPSA) is 104 Å². The summed E-state index contributed by atoms with van der Waals surface area (Å²) in [5, 5.41) is 2.62. The highest BCUT2D eigenvalue weighted by molar-refractivity contribution is 5.92. The molecule has 3 aromatic rings. The van der Waals surface area contributed by atoms with E-state index < -0.39 is 18.0 Å². The van der Waals surface area contributed by atoms with Crippen LogP contribution in [0.1, 0.15) is 63.3 Å². The van der Waals surface area contributed by atoms with Crippen molar-refractivity contribution in [1.82, 2.24) is 20.2 Å². The van der Waals surface area contributed by atoms with Crippen LogP contribution in [0, 0.1) is 5.82 Å². The van der Waals surface area contributed by atoms with Gasteiger partial charge in [0, 0.05) is 24.9 Å². The van der Waals surface area contributed by atoms with E-state index in [9.17, 15) is 18.8 Å². The number of imidazole rings is 1. The molecule has 4 rings (SSSR count). The maximum Gasteiger partial charge on any atom is 0.408 e. The number of likely N-dealkylation sites (tertiary alicyclic amines) is 1. The highest BCUT2D eigenvalue weighted by Gasteiger charge is 2.31. The minimum Gasteiger partial charge on any atom is -0.445 e. The molecule has 3 atom stereocenters. The third-order valence-corrected chi connectivity index (χ3v) is 6.85. The summed E-state index contributed by atoms with van der Waals surface area (Å²) < 4.78 is 19.4. The molecule has 2 aromatic carbocycles.